The Balaban J connectivity index is 4.06. The van der Waals surface area contributed by atoms with Crippen molar-refractivity contribution in [2.45, 2.75) is 38.7 Å². The lowest BCUT2D eigenvalue weighted by atomic mass is 10.1. The topological polar surface area (TPSA) is 83.8 Å². The highest BCUT2D eigenvalue weighted by molar-refractivity contribution is 5.90. The Hall–Kier alpha value is -1.36. The largest absolute Gasteiger partial charge is 0.478 e. The van der Waals surface area contributed by atoms with Gasteiger partial charge in [0.15, 0.2) is 0 Å². The molecule has 0 aliphatic carbocycles. The normalized spacial score (nSPS) is 12.6. The van der Waals surface area contributed by atoms with Crippen molar-refractivity contribution in [3.8, 4) is 0 Å². The fourth-order valence-corrected chi connectivity index (χ4v) is 1.25. The first-order chi connectivity index (χ1) is 7.60. The van der Waals surface area contributed by atoms with E-state index in [1.54, 1.807) is 0 Å². The van der Waals surface area contributed by atoms with Crippen molar-refractivity contribution >= 4 is 11.9 Å². The SMILES string of the molecule is CCCC(CCCO)OC(=O)C=CC(=O)O. The predicted octanol–water partition coefficient (Wildman–Crippen LogP) is 1.11. The van der Waals surface area contributed by atoms with Gasteiger partial charge in [0.1, 0.15) is 6.10 Å². The first kappa shape index (κ1) is 14.6. The summed E-state index contributed by atoms with van der Waals surface area (Å²) >= 11 is 0. The highest BCUT2D eigenvalue weighted by Gasteiger charge is 2.11. The minimum absolute atomic E-state index is 0.0583. The summed E-state index contributed by atoms with van der Waals surface area (Å²) < 4.78 is 5.04. The summed E-state index contributed by atoms with van der Waals surface area (Å²) in [5.74, 6) is -1.84. The second-order valence-corrected chi connectivity index (χ2v) is 3.38. The Labute approximate surface area is 94.7 Å². The van der Waals surface area contributed by atoms with Crippen LogP contribution in [0.3, 0.4) is 0 Å². The Kier molecular flexibility index (Phi) is 8.15. The second kappa shape index (κ2) is 8.91. The number of hydrogen-bond acceptors (Lipinski definition) is 4. The van der Waals surface area contributed by atoms with E-state index in [9.17, 15) is 9.59 Å². The molecule has 0 aliphatic heterocycles. The summed E-state index contributed by atoms with van der Waals surface area (Å²) in [6.07, 6.45) is 4.14. The molecule has 0 saturated heterocycles. The molecule has 0 aromatic heterocycles. The molecule has 0 radical (unpaired) electrons. The van der Waals surface area contributed by atoms with E-state index in [0.717, 1.165) is 18.6 Å². The number of aliphatic hydroxyl groups excluding tert-OH is 1. The molecule has 0 heterocycles. The van der Waals surface area contributed by atoms with Crippen LogP contribution in [-0.2, 0) is 14.3 Å². The van der Waals surface area contributed by atoms with Crippen molar-refractivity contribution in [3.63, 3.8) is 0 Å². The van der Waals surface area contributed by atoms with Gasteiger partial charge >= 0.3 is 11.9 Å². The molecule has 0 saturated carbocycles. The molecule has 1 unspecified atom stereocenters. The summed E-state index contributed by atoms with van der Waals surface area (Å²) in [5.41, 5.74) is 0. The molecule has 0 rings (SSSR count). The molecule has 0 spiro atoms. The maximum absolute atomic E-state index is 11.2. The third kappa shape index (κ3) is 7.99. The molecule has 0 fully saturated rings. The van der Waals surface area contributed by atoms with E-state index in [-0.39, 0.29) is 12.7 Å². The summed E-state index contributed by atoms with van der Waals surface area (Å²) in [7, 11) is 0. The van der Waals surface area contributed by atoms with E-state index in [4.69, 9.17) is 14.9 Å². The Morgan fingerprint density at radius 3 is 2.50 bits per heavy atom. The van der Waals surface area contributed by atoms with Crippen LogP contribution in [0.4, 0.5) is 0 Å². The van der Waals surface area contributed by atoms with Crippen molar-refractivity contribution in [2.75, 3.05) is 6.61 Å². The molecule has 0 aromatic carbocycles. The van der Waals surface area contributed by atoms with Gasteiger partial charge in [0, 0.05) is 18.8 Å². The van der Waals surface area contributed by atoms with Gasteiger partial charge in [-0.1, -0.05) is 13.3 Å². The fraction of sp³-hybridized carbons (Fsp3) is 0.636. The number of aliphatic hydroxyl groups is 1. The first-order valence-electron chi connectivity index (χ1n) is 5.32. The minimum Gasteiger partial charge on any atom is -0.478 e. The zero-order valence-electron chi connectivity index (χ0n) is 9.39. The summed E-state index contributed by atoms with van der Waals surface area (Å²) in [6, 6.07) is 0. The van der Waals surface area contributed by atoms with Crippen LogP contribution in [0.15, 0.2) is 12.2 Å². The Morgan fingerprint density at radius 1 is 1.31 bits per heavy atom. The number of ether oxygens (including phenoxy) is 1. The first-order valence-corrected chi connectivity index (χ1v) is 5.32. The molecule has 0 aromatic rings. The van der Waals surface area contributed by atoms with E-state index in [0.29, 0.717) is 19.3 Å². The number of carboxylic acids is 1. The third-order valence-corrected chi connectivity index (χ3v) is 1.94. The van der Waals surface area contributed by atoms with Crippen LogP contribution in [0.5, 0.6) is 0 Å². The van der Waals surface area contributed by atoms with Crippen LogP contribution in [0.1, 0.15) is 32.6 Å². The van der Waals surface area contributed by atoms with Gasteiger partial charge < -0.3 is 14.9 Å². The lowest BCUT2D eigenvalue weighted by molar-refractivity contribution is -0.144. The van der Waals surface area contributed by atoms with Gasteiger partial charge in [-0.3, -0.25) is 0 Å². The number of aliphatic carboxylic acids is 1. The lowest BCUT2D eigenvalue weighted by Crippen LogP contribution is -2.17. The number of carbonyl (C=O) groups excluding carboxylic acids is 1. The quantitative estimate of drug-likeness (QED) is 0.482. The highest BCUT2D eigenvalue weighted by Crippen LogP contribution is 2.09. The second-order valence-electron chi connectivity index (χ2n) is 3.38. The third-order valence-electron chi connectivity index (χ3n) is 1.94. The van der Waals surface area contributed by atoms with E-state index in [2.05, 4.69) is 0 Å². The van der Waals surface area contributed by atoms with Crippen LogP contribution in [0, 0.1) is 0 Å². The average Bonchev–Trinajstić information content (AvgIpc) is 2.23. The monoisotopic (exact) mass is 230 g/mol. The van der Waals surface area contributed by atoms with Crippen LogP contribution < -0.4 is 0 Å². The van der Waals surface area contributed by atoms with Crippen LogP contribution >= 0.6 is 0 Å². The maximum Gasteiger partial charge on any atom is 0.331 e. The molecule has 1 atom stereocenters. The predicted molar refractivity (Wildman–Crippen MR) is 57.9 cm³/mol. The van der Waals surface area contributed by atoms with Crippen molar-refractivity contribution < 1.29 is 24.5 Å². The number of hydrogen-bond donors (Lipinski definition) is 2. The number of carboxylic acid groups (broad SMARTS) is 1. The van der Waals surface area contributed by atoms with Gasteiger partial charge in [0.2, 0.25) is 0 Å². The molecule has 2 N–H and O–H groups in total. The smallest absolute Gasteiger partial charge is 0.331 e. The van der Waals surface area contributed by atoms with E-state index >= 15 is 0 Å². The fourth-order valence-electron chi connectivity index (χ4n) is 1.25. The molecule has 16 heavy (non-hydrogen) atoms. The zero-order chi connectivity index (χ0) is 12.4. The summed E-state index contributed by atoms with van der Waals surface area (Å²) in [5, 5.41) is 17.0. The standard InChI is InChI=1S/C11H18O5/c1-2-4-9(5-3-8-12)16-11(15)7-6-10(13)14/h6-7,9,12H,2-5,8H2,1H3,(H,13,14). The Bertz CT molecular complexity index is 247. The van der Waals surface area contributed by atoms with Crippen LogP contribution in [-0.4, -0.2) is 34.9 Å². The molecule has 92 valence electrons. The van der Waals surface area contributed by atoms with E-state index in [1.165, 1.54) is 0 Å². The highest BCUT2D eigenvalue weighted by atomic mass is 16.5. The van der Waals surface area contributed by atoms with Crippen molar-refractivity contribution in [1.82, 2.24) is 0 Å². The van der Waals surface area contributed by atoms with Crippen molar-refractivity contribution in [3.05, 3.63) is 12.2 Å². The lowest BCUT2D eigenvalue weighted by Gasteiger charge is -2.15. The van der Waals surface area contributed by atoms with Gasteiger partial charge in [-0.2, -0.15) is 0 Å². The van der Waals surface area contributed by atoms with Crippen molar-refractivity contribution in [2.24, 2.45) is 0 Å². The summed E-state index contributed by atoms with van der Waals surface area (Å²) in [4.78, 5) is 21.3. The number of carbonyl (C=O) groups is 2. The summed E-state index contributed by atoms with van der Waals surface area (Å²) in [6.45, 7) is 2.02. The van der Waals surface area contributed by atoms with Gasteiger partial charge in [-0.25, -0.2) is 9.59 Å². The molecule has 0 aliphatic rings. The van der Waals surface area contributed by atoms with Gasteiger partial charge in [0.25, 0.3) is 0 Å². The number of esters is 1. The van der Waals surface area contributed by atoms with Crippen molar-refractivity contribution in [1.29, 1.82) is 0 Å². The number of rotatable bonds is 8. The maximum atomic E-state index is 11.2. The zero-order valence-corrected chi connectivity index (χ0v) is 9.39. The van der Waals surface area contributed by atoms with E-state index in [1.807, 2.05) is 6.92 Å². The Morgan fingerprint density at radius 2 is 2.00 bits per heavy atom. The van der Waals surface area contributed by atoms with E-state index < -0.39 is 11.9 Å². The molecule has 0 bridgehead atoms. The minimum atomic E-state index is -1.18. The van der Waals surface area contributed by atoms with Gasteiger partial charge in [0.05, 0.1) is 0 Å². The molecule has 5 heteroatoms. The van der Waals surface area contributed by atoms with Crippen LogP contribution in [0.2, 0.25) is 0 Å². The van der Waals surface area contributed by atoms with Crippen LogP contribution in [0.25, 0.3) is 0 Å². The van der Waals surface area contributed by atoms with Gasteiger partial charge in [-0.15, -0.1) is 0 Å². The molecule has 5 nitrogen and oxygen atoms in total. The molecular formula is C11H18O5. The average molecular weight is 230 g/mol. The molecule has 0 amide bonds. The van der Waals surface area contributed by atoms with Gasteiger partial charge in [-0.05, 0) is 19.3 Å². The molecular weight excluding hydrogens is 212 g/mol.